The summed E-state index contributed by atoms with van der Waals surface area (Å²) < 4.78 is 15.3. The lowest BCUT2D eigenvalue weighted by molar-refractivity contribution is -0.384. The van der Waals surface area contributed by atoms with Crippen molar-refractivity contribution in [3.05, 3.63) is 57.6 Å². The molecule has 0 saturated heterocycles. The van der Waals surface area contributed by atoms with E-state index in [2.05, 4.69) is 16.2 Å². The van der Waals surface area contributed by atoms with E-state index in [0.717, 1.165) is 6.07 Å². The lowest BCUT2D eigenvalue weighted by Crippen LogP contribution is -2.41. The molecule has 0 spiro atoms. The van der Waals surface area contributed by atoms with Crippen LogP contribution >= 0.6 is 0 Å². The van der Waals surface area contributed by atoms with Crippen molar-refractivity contribution in [2.75, 3.05) is 32.4 Å². The summed E-state index contributed by atoms with van der Waals surface area (Å²) in [5.74, 6) is -0.331. The van der Waals surface area contributed by atoms with Crippen molar-refractivity contribution < 1.29 is 28.7 Å². The minimum absolute atomic E-state index is 0.0139. The van der Waals surface area contributed by atoms with Crippen LogP contribution in [-0.4, -0.2) is 43.8 Å². The molecule has 2 aromatic rings. The lowest BCUT2D eigenvalue weighted by atomic mass is 10.1. The van der Waals surface area contributed by atoms with Crippen LogP contribution in [0, 0.1) is 10.1 Å². The number of hydrazine groups is 1. The van der Waals surface area contributed by atoms with Crippen molar-refractivity contribution in [2.24, 2.45) is 0 Å². The molecule has 0 radical (unpaired) electrons. The Balaban J connectivity index is 1.64. The van der Waals surface area contributed by atoms with Gasteiger partial charge in [-0.25, -0.2) is 0 Å². The van der Waals surface area contributed by atoms with Crippen LogP contribution in [0.15, 0.2) is 36.4 Å². The Labute approximate surface area is 165 Å². The molecule has 0 fully saturated rings. The van der Waals surface area contributed by atoms with Gasteiger partial charge in [-0.15, -0.1) is 0 Å². The number of hydrogen-bond donors (Lipinski definition) is 3. The first-order chi connectivity index (χ1) is 14.0. The largest absolute Gasteiger partial charge is 0.454 e. The summed E-state index contributed by atoms with van der Waals surface area (Å²) in [5.41, 5.74) is 4.74. The third-order valence-corrected chi connectivity index (χ3v) is 4.00. The highest BCUT2D eigenvalue weighted by atomic mass is 16.7. The molecule has 2 aromatic carbocycles. The van der Waals surface area contributed by atoms with E-state index in [-0.39, 0.29) is 29.3 Å². The fourth-order valence-corrected chi connectivity index (χ4v) is 2.56. The molecule has 0 saturated carbocycles. The molecule has 3 N–H and O–H groups in total. The highest BCUT2D eigenvalue weighted by Gasteiger charge is 2.19. The Morgan fingerprint density at radius 3 is 2.41 bits per heavy atom. The standard InChI is InChI=1S/C18H18N4O7/c1-27-7-6-19-13-4-2-11(8-14(13)22(25)26)17(23)20-21-18(24)12-3-5-15-16(9-12)29-10-28-15/h2-5,8-9,19H,6-7,10H2,1H3,(H,20,23)(H,21,24). The van der Waals surface area contributed by atoms with E-state index >= 15 is 0 Å². The number of carbonyl (C=O) groups excluding carboxylic acids is 2. The Morgan fingerprint density at radius 1 is 1.07 bits per heavy atom. The van der Waals surface area contributed by atoms with Gasteiger partial charge in [0.1, 0.15) is 5.69 Å². The molecule has 3 rings (SSSR count). The van der Waals surface area contributed by atoms with Crippen LogP contribution in [0.5, 0.6) is 11.5 Å². The summed E-state index contributed by atoms with van der Waals surface area (Å²) in [7, 11) is 1.52. The molecule has 0 unspecified atom stereocenters. The van der Waals surface area contributed by atoms with E-state index < -0.39 is 16.7 Å². The van der Waals surface area contributed by atoms with Crippen molar-refractivity contribution in [1.29, 1.82) is 0 Å². The number of nitrogens with one attached hydrogen (secondary N) is 3. The zero-order chi connectivity index (χ0) is 20.8. The number of carbonyl (C=O) groups is 2. The van der Waals surface area contributed by atoms with E-state index in [4.69, 9.17) is 14.2 Å². The third kappa shape index (κ3) is 4.71. The highest BCUT2D eigenvalue weighted by Crippen LogP contribution is 2.32. The second-order valence-corrected chi connectivity index (χ2v) is 5.88. The maximum Gasteiger partial charge on any atom is 0.293 e. The van der Waals surface area contributed by atoms with Gasteiger partial charge in [-0.3, -0.25) is 30.6 Å². The number of nitro groups is 1. The van der Waals surface area contributed by atoms with Gasteiger partial charge in [0.05, 0.1) is 11.5 Å². The van der Waals surface area contributed by atoms with E-state index in [1.54, 1.807) is 6.07 Å². The fraction of sp³-hybridized carbons (Fsp3) is 0.222. The number of hydrogen-bond acceptors (Lipinski definition) is 8. The maximum atomic E-state index is 12.3. The summed E-state index contributed by atoms with van der Waals surface area (Å²) in [6, 6.07) is 8.52. The molecule has 0 bridgehead atoms. The molecule has 11 heteroatoms. The molecular formula is C18H18N4O7. The van der Waals surface area contributed by atoms with Gasteiger partial charge in [-0.05, 0) is 30.3 Å². The Hall–Kier alpha value is -3.86. The molecule has 152 valence electrons. The number of methoxy groups -OCH3 is 1. The number of amides is 2. The number of benzene rings is 2. The van der Waals surface area contributed by atoms with E-state index in [0.29, 0.717) is 24.7 Å². The first kappa shape index (κ1) is 19.9. The zero-order valence-corrected chi connectivity index (χ0v) is 15.4. The Kier molecular flexibility index (Phi) is 6.09. The van der Waals surface area contributed by atoms with Crippen LogP contribution in [0.2, 0.25) is 0 Å². The Morgan fingerprint density at radius 2 is 1.72 bits per heavy atom. The van der Waals surface area contributed by atoms with Gasteiger partial charge in [-0.2, -0.15) is 0 Å². The second-order valence-electron chi connectivity index (χ2n) is 5.88. The smallest absolute Gasteiger partial charge is 0.293 e. The molecule has 0 aromatic heterocycles. The second kappa shape index (κ2) is 8.89. The molecule has 1 heterocycles. The van der Waals surface area contributed by atoms with Crippen LogP contribution in [-0.2, 0) is 4.74 Å². The van der Waals surface area contributed by atoms with Crippen LogP contribution in [0.25, 0.3) is 0 Å². The number of anilines is 1. The lowest BCUT2D eigenvalue weighted by Gasteiger charge is -2.10. The average Bonchev–Trinajstić information content (AvgIpc) is 3.19. The number of fused-ring (bicyclic) bond motifs is 1. The van der Waals surface area contributed by atoms with E-state index in [9.17, 15) is 19.7 Å². The van der Waals surface area contributed by atoms with Crippen LogP contribution < -0.4 is 25.6 Å². The Bertz CT molecular complexity index is 948. The molecule has 2 amide bonds. The van der Waals surface area contributed by atoms with Crippen LogP contribution in [0.1, 0.15) is 20.7 Å². The topological polar surface area (TPSA) is 141 Å². The van der Waals surface area contributed by atoms with Gasteiger partial charge >= 0.3 is 0 Å². The predicted octanol–water partition coefficient (Wildman–Crippen LogP) is 1.46. The normalized spacial score (nSPS) is 11.6. The third-order valence-electron chi connectivity index (χ3n) is 4.00. The van der Waals surface area contributed by atoms with Crippen molar-refractivity contribution in [2.45, 2.75) is 0 Å². The summed E-state index contributed by atoms with van der Waals surface area (Å²) in [6.45, 7) is 0.812. The molecule has 0 aliphatic carbocycles. The average molecular weight is 402 g/mol. The minimum Gasteiger partial charge on any atom is -0.454 e. The zero-order valence-electron chi connectivity index (χ0n) is 15.4. The minimum atomic E-state index is -0.703. The molecule has 11 nitrogen and oxygen atoms in total. The molecule has 0 atom stereocenters. The van der Waals surface area contributed by atoms with Gasteiger partial charge in [0.25, 0.3) is 17.5 Å². The summed E-state index contributed by atoms with van der Waals surface area (Å²) in [6.07, 6.45) is 0. The summed E-state index contributed by atoms with van der Waals surface area (Å²) in [5, 5.41) is 14.1. The maximum absolute atomic E-state index is 12.3. The molecule has 29 heavy (non-hydrogen) atoms. The summed E-state index contributed by atoms with van der Waals surface area (Å²) in [4.78, 5) is 35.2. The molecule has 1 aliphatic heterocycles. The van der Waals surface area contributed by atoms with Gasteiger partial charge in [0, 0.05) is 30.8 Å². The van der Waals surface area contributed by atoms with Gasteiger partial charge in [0.15, 0.2) is 11.5 Å². The number of rotatable bonds is 7. The monoisotopic (exact) mass is 402 g/mol. The SMILES string of the molecule is COCCNc1ccc(C(=O)NNC(=O)c2ccc3c(c2)OCO3)cc1[N+](=O)[O-]. The fourth-order valence-electron chi connectivity index (χ4n) is 2.56. The van der Waals surface area contributed by atoms with Crippen molar-refractivity contribution in [1.82, 2.24) is 10.9 Å². The van der Waals surface area contributed by atoms with Crippen molar-refractivity contribution in [3.8, 4) is 11.5 Å². The first-order valence-electron chi connectivity index (χ1n) is 8.51. The number of ether oxygens (including phenoxy) is 3. The molecule has 1 aliphatic rings. The quantitative estimate of drug-likeness (QED) is 0.359. The van der Waals surface area contributed by atoms with E-state index in [1.807, 2.05) is 0 Å². The summed E-state index contributed by atoms with van der Waals surface area (Å²) >= 11 is 0. The molecular weight excluding hydrogens is 384 g/mol. The first-order valence-corrected chi connectivity index (χ1v) is 8.51. The highest BCUT2D eigenvalue weighted by molar-refractivity contribution is 6.00. The number of nitrogens with zero attached hydrogens (tertiary/aromatic N) is 1. The van der Waals surface area contributed by atoms with Crippen LogP contribution in [0.3, 0.4) is 0 Å². The number of nitro benzene ring substituents is 1. The van der Waals surface area contributed by atoms with Gasteiger partial charge < -0.3 is 19.5 Å². The van der Waals surface area contributed by atoms with Crippen LogP contribution in [0.4, 0.5) is 11.4 Å². The van der Waals surface area contributed by atoms with Gasteiger partial charge in [0.2, 0.25) is 6.79 Å². The van der Waals surface area contributed by atoms with E-state index in [1.165, 1.54) is 31.4 Å². The predicted molar refractivity (Wildman–Crippen MR) is 101 cm³/mol. The van der Waals surface area contributed by atoms with Crippen molar-refractivity contribution >= 4 is 23.2 Å². The van der Waals surface area contributed by atoms with Crippen molar-refractivity contribution in [3.63, 3.8) is 0 Å². The van der Waals surface area contributed by atoms with Gasteiger partial charge in [-0.1, -0.05) is 0 Å².